The minimum absolute atomic E-state index is 0.0646. The maximum Gasteiger partial charge on any atom is 0.269 e. The number of para-hydroxylation sites is 1. The van der Waals surface area contributed by atoms with Crippen LogP contribution in [0.3, 0.4) is 0 Å². The van der Waals surface area contributed by atoms with E-state index in [0.717, 1.165) is 26.9 Å². The Morgan fingerprint density at radius 1 is 0.906 bits per heavy atom. The minimum Gasteiger partial charge on any atom is -0.343 e. The molecule has 1 saturated heterocycles. The fraction of sp³-hybridized carbons (Fsp3) is 0.120. The van der Waals surface area contributed by atoms with Crippen molar-refractivity contribution in [3.05, 3.63) is 106 Å². The van der Waals surface area contributed by atoms with E-state index in [2.05, 4.69) is 16.7 Å². The summed E-state index contributed by atoms with van der Waals surface area (Å²) in [6.07, 6.45) is 2.03. The van der Waals surface area contributed by atoms with E-state index in [1.165, 1.54) is 24.3 Å². The van der Waals surface area contributed by atoms with Gasteiger partial charge in [0.2, 0.25) is 11.8 Å². The summed E-state index contributed by atoms with van der Waals surface area (Å²) in [5, 5.41) is 11.9. The molecule has 0 spiro atoms. The molecule has 1 atom stereocenters. The van der Waals surface area contributed by atoms with E-state index >= 15 is 0 Å². The molecule has 0 saturated carbocycles. The molecule has 1 aliphatic heterocycles. The number of nitro groups is 1. The standard InChI is InChI=1S/C25H19N3O4/c29-24-14-21(25(30)27(24)18-10-12-19(13-11-18)28(31)32)22-16-26(15-17-6-2-1-3-7-17)23-9-5-4-8-20(22)23/h1-13,16,21H,14-15H2/t21-/m0/s1. The Hall–Kier alpha value is -4.26. The van der Waals surface area contributed by atoms with Crippen molar-refractivity contribution >= 4 is 34.1 Å². The van der Waals surface area contributed by atoms with Gasteiger partial charge in [-0.25, -0.2) is 4.90 Å². The van der Waals surface area contributed by atoms with E-state index < -0.39 is 10.8 Å². The van der Waals surface area contributed by atoms with Gasteiger partial charge in [0.05, 0.1) is 16.5 Å². The Balaban J connectivity index is 1.51. The second kappa shape index (κ2) is 7.77. The van der Waals surface area contributed by atoms with Crippen LogP contribution in [-0.4, -0.2) is 21.3 Å². The lowest BCUT2D eigenvalue weighted by Crippen LogP contribution is -2.29. The van der Waals surface area contributed by atoms with Gasteiger partial charge in [-0.2, -0.15) is 0 Å². The molecule has 1 aliphatic rings. The summed E-state index contributed by atoms with van der Waals surface area (Å²) < 4.78 is 2.10. The first-order valence-corrected chi connectivity index (χ1v) is 10.3. The van der Waals surface area contributed by atoms with E-state index in [9.17, 15) is 19.7 Å². The monoisotopic (exact) mass is 425 g/mol. The number of amides is 2. The van der Waals surface area contributed by atoms with Crippen LogP contribution in [0.2, 0.25) is 0 Å². The number of anilines is 1. The number of hydrogen-bond acceptors (Lipinski definition) is 4. The number of nitro benzene ring substituents is 1. The minimum atomic E-state index is -0.598. The largest absolute Gasteiger partial charge is 0.343 e. The third kappa shape index (κ3) is 3.33. The molecule has 3 aromatic carbocycles. The van der Waals surface area contributed by atoms with Gasteiger partial charge >= 0.3 is 0 Å². The Labute approximate surface area is 183 Å². The van der Waals surface area contributed by atoms with Crippen LogP contribution in [0.25, 0.3) is 10.9 Å². The predicted molar refractivity (Wildman–Crippen MR) is 120 cm³/mol. The summed E-state index contributed by atoms with van der Waals surface area (Å²) in [5.74, 6) is -1.22. The zero-order valence-electron chi connectivity index (χ0n) is 17.0. The third-order valence-electron chi connectivity index (χ3n) is 5.86. The SMILES string of the molecule is O=C1C[C@@H](c2cn(Cc3ccccc3)c3ccccc23)C(=O)N1c1ccc([N+](=O)[O-])cc1. The number of imide groups is 1. The number of rotatable bonds is 5. The summed E-state index contributed by atoms with van der Waals surface area (Å²) in [6, 6.07) is 23.4. The maximum atomic E-state index is 13.3. The van der Waals surface area contributed by atoms with Gasteiger partial charge in [0.15, 0.2) is 0 Å². The molecule has 1 aromatic heterocycles. The maximum absolute atomic E-state index is 13.3. The fourth-order valence-corrected chi connectivity index (χ4v) is 4.33. The summed E-state index contributed by atoms with van der Waals surface area (Å²) in [5.41, 5.74) is 3.22. The van der Waals surface area contributed by atoms with Crippen LogP contribution in [0.4, 0.5) is 11.4 Å². The number of carbonyl (C=O) groups excluding carboxylic acids is 2. The van der Waals surface area contributed by atoms with E-state index in [0.29, 0.717) is 12.2 Å². The van der Waals surface area contributed by atoms with Gasteiger partial charge in [-0.1, -0.05) is 48.5 Å². The molecule has 1 fully saturated rings. The highest BCUT2D eigenvalue weighted by Gasteiger charge is 2.41. The number of non-ortho nitro benzene ring substituents is 1. The molecular weight excluding hydrogens is 406 g/mol. The van der Waals surface area contributed by atoms with Gasteiger partial charge in [-0.3, -0.25) is 19.7 Å². The van der Waals surface area contributed by atoms with E-state index in [4.69, 9.17) is 0 Å². The van der Waals surface area contributed by atoms with Crippen LogP contribution in [-0.2, 0) is 16.1 Å². The average Bonchev–Trinajstić information content (AvgIpc) is 3.31. The zero-order valence-corrected chi connectivity index (χ0v) is 17.0. The molecule has 0 radical (unpaired) electrons. The number of fused-ring (bicyclic) bond motifs is 1. The summed E-state index contributed by atoms with van der Waals surface area (Å²) in [6.45, 7) is 0.655. The smallest absolute Gasteiger partial charge is 0.269 e. The molecule has 0 aliphatic carbocycles. The average molecular weight is 425 g/mol. The number of carbonyl (C=O) groups is 2. The number of hydrogen-bond donors (Lipinski definition) is 0. The van der Waals surface area contributed by atoms with Crippen LogP contribution < -0.4 is 4.90 Å². The van der Waals surface area contributed by atoms with Gasteiger partial charge in [-0.15, -0.1) is 0 Å². The van der Waals surface area contributed by atoms with Crippen molar-refractivity contribution in [3.8, 4) is 0 Å². The number of nitrogens with zero attached hydrogens (tertiary/aromatic N) is 3. The van der Waals surface area contributed by atoms with Crippen LogP contribution in [0, 0.1) is 10.1 Å². The quantitative estimate of drug-likeness (QED) is 0.265. The molecular formula is C25H19N3O4. The first-order valence-electron chi connectivity index (χ1n) is 10.3. The Morgan fingerprint density at radius 3 is 2.31 bits per heavy atom. The first-order chi connectivity index (χ1) is 15.5. The zero-order chi connectivity index (χ0) is 22.2. The topological polar surface area (TPSA) is 85.5 Å². The van der Waals surface area contributed by atoms with Gasteiger partial charge < -0.3 is 4.57 Å². The molecule has 0 bridgehead atoms. The first kappa shape index (κ1) is 19.7. The van der Waals surface area contributed by atoms with Crippen molar-refractivity contribution in [1.82, 2.24) is 4.57 Å². The lowest BCUT2D eigenvalue weighted by Gasteiger charge is -2.14. The van der Waals surface area contributed by atoms with Gasteiger partial charge in [0.1, 0.15) is 0 Å². The third-order valence-corrected chi connectivity index (χ3v) is 5.86. The van der Waals surface area contributed by atoms with E-state index in [1.807, 2.05) is 48.7 Å². The summed E-state index contributed by atoms with van der Waals surface area (Å²) in [4.78, 5) is 37.6. The van der Waals surface area contributed by atoms with Gasteiger partial charge in [-0.05, 0) is 29.3 Å². The molecule has 0 unspecified atom stereocenters. The second-order valence-corrected chi connectivity index (χ2v) is 7.81. The molecule has 7 nitrogen and oxygen atoms in total. The highest BCUT2D eigenvalue weighted by Crippen LogP contribution is 2.38. The fourth-order valence-electron chi connectivity index (χ4n) is 4.33. The van der Waals surface area contributed by atoms with Crippen LogP contribution in [0.1, 0.15) is 23.5 Å². The van der Waals surface area contributed by atoms with Crippen molar-refractivity contribution in [2.24, 2.45) is 0 Å². The van der Waals surface area contributed by atoms with Crippen LogP contribution in [0.5, 0.6) is 0 Å². The lowest BCUT2D eigenvalue weighted by molar-refractivity contribution is -0.384. The highest BCUT2D eigenvalue weighted by molar-refractivity contribution is 6.23. The van der Waals surface area contributed by atoms with Crippen molar-refractivity contribution < 1.29 is 14.5 Å². The van der Waals surface area contributed by atoms with Crippen molar-refractivity contribution in [3.63, 3.8) is 0 Å². The predicted octanol–water partition coefficient (Wildman–Crippen LogP) is 4.64. The molecule has 0 N–H and O–H groups in total. The van der Waals surface area contributed by atoms with Crippen molar-refractivity contribution in [2.45, 2.75) is 18.9 Å². The van der Waals surface area contributed by atoms with E-state index in [1.54, 1.807) is 0 Å². The molecule has 158 valence electrons. The molecule has 4 aromatic rings. The molecule has 2 heterocycles. The normalized spacial score (nSPS) is 16.1. The Kier molecular flexibility index (Phi) is 4.78. The molecule has 32 heavy (non-hydrogen) atoms. The van der Waals surface area contributed by atoms with Crippen molar-refractivity contribution in [2.75, 3.05) is 4.90 Å². The summed E-state index contributed by atoms with van der Waals surface area (Å²) in [7, 11) is 0. The molecule has 5 rings (SSSR count). The Morgan fingerprint density at radius 2 is 1.59 bits per heavy atom. The van der Waals surface area contributed by atoms with Gasteiger partial charge in [0, 0.05) is 42.2 Å². The van der Waals surface area contributed by atoms with Gasteiger partial charge in [0.25, 0.3) is 5.69 Å². The molecule has 2 amide bonds. The van der Waals surface area contributed by atoms with Crippen molar-refractivity contribution in [1.29, 1.82) is 0 Å². The number of aromatic nitrogens is 1. The van der Waals surface area contributed by atoms with Crippen LogP contribution >= 0.6 is 0 Å². The summed E-state index contributed by atoms with van der Waals surface area (Å²) >= 11 is 0. The number of benzene rings is 3. The Bertz CT molecular complexity index is 1340. The second-order valence-electron chi connectivity index (χ2n) is 7.81. The lowest BCUT2D eigenvalue weighted by atomic mass is 9.97. The van der Waals surface area contributed by atoms with Crippen LogP contribution in [0.15, 0.2) is 85.1 Å². The van der Waals surface area contributed by atoms with E-state index in [-0.39, 0.29) is 23.9 Å². The molecule has 7 heteroatoms. The highest BCUT2D eigenvalue weighted by atomic mass is 16.6.